The van der Waals surface area contributed by atoms with E-state index in [9.17, 15) is 45.0 Å². The molecule has 0 radical (unpaired) electrons. The lowest BCUT2D eigenvalue weighted by atomic mass is 9.93. The van der Waals surface area contributed by atoms with E-state index in [0.29, 0.717) is 25.7 Å². The van der Waals surface area contributed by atoms with Crippen molar-refractivity contribution in [3.63, 3.8) is 0 Å². The molecule has 2 fully saturated rings. The van der Waals surface area contributed by atoms with E-state index in [1.165, 1.54) is 161 Å². The highest BCUT2D eigenvalue weighted by molar-refractivity contribution is 5.87. The van der Waals surface area contributed by atoms with Crippen molar-refractivity contribution < 1.29 is 68.7 Å². The summed E-state index contributed by atoms with van der Waals surface area (Å²) in [5, 5.41) is 65.2. The second kappa shape index (κ2) is 45.9. The highest BCUT2D eigenvalue weighted by atomic mass is 16.8. The third-order valence-electron chi connectivity index (χ3n) is 15.9. The third kappa shape index (κ3) is 29.6. The minimum Gasteiger partial charge on any atom is -0.453 e. The molecule has 2 saturated heterocycles. The fraction of sp³-hybridized carbons (Fsp3) is 0.952. The van der Waals surface area contributed by atoms with Crippen LogP contribution in [0.2, 0.25) is 0 Å². The third-order valence-corrected chi connectivity index (χ3v) is 15.9. The van der Waals surface area contributed by atoms with E-state index in [4.69, 9.17) is 23.7 Å². The molecule has 2 rings (SSSR count). The number of ketones is 1. The summed E-state index contributed by atoms with van der Waals surface area (Å²) in [6.45, 7) is 5.08. The van der Waals surface area contributed by atoms with E-state index in [-0.39, 0.29) is 19.3 Å². The van der Waals surface area contributed by atoms with Crippen molar-refractivity contribution >= 4 is 17.7 Å². The van der Waals surface area contributed by atoms with Crippen LogP contribution in [-0.4, -0.2) is 122 Å². The van der Waals surface area contributed by atoms with Gasteiger partial charge in [0, 0.05) is 19.3 Å². The summed E-state index contributed by atoms with van der Waals surface area (Å²) in [5.41, 5.74) is 0. The van der Waals surface area contributed by atoms with Gasteiger partial charge >= 0.3 is 11.9 Å². The minimum absolute atomic E-state index is 0.0438. The van der Waals surface area contributed by atoms with E-state index in [2.05, 4.69) is 20.8 Å². The Morgan fingerprint density at radius 2 is 0.737 bits per heavy atom. The number of Topliss-reactive ketones (excluding diaryl/α,β-unsaturated/α-hetero) is 1. The largest absolute Gasteiger partial charge is 0.453 e. The number of hydrogen-bond donors (Lipinski definition) is 6. The summed E-state index contributed by atoms with van der Waals surface area (Å²) in [4.78, 5) is 42.5. The SMILES string of the molecule is CCCCCCCCCCCCCCCCCC(=O)O[C@H]1[C@H](O)[C@@H](CO)O[C@]1(O[C@H]1O[C@H](CO)[C@@H](O)[C@H](O)[C@H]1O)C(OC(=O)CCCCCCCCCCCCCCC)C(=O)CCCCCCCCCCCCCCC. The van der Waals surface area contributed by atoms with Crippen LogP contribution < -0.4 is 0 Å². The Hall–Kier alpha value is -1.75. The Balaban J connectivity index is 2.22. The Morgan fingerprint density at radius 3 is 1.09 bits per heavy atom. The molecule has 0 bridgehead atoms. The van der Waals surface area contributed by atoms with Gasteiger partial charge in [-0.2, -0.15) is 0 Å². The predicted molar refractivity (Wildman–Crippen MR) is 300 cm³/mol. The molecule has 0 aromatic carbocycles. The summed E-state index contributed by atoms with van der Waals surface area (Å²) < 4.78 is 30.4. The zero-order valence-electron chi connectivity index (χ0n) is 48.7. The Kier molecular flexibility index (Phi) is 42.5. The van der Waals surface area contributed by atoms with Crippen molar-refractivity contribution in [1.82, 2.24) is 0 Å². The molecule has 14 nitrogen and oxygen atoms in total. The topological polar surface area (TPSA) is 219 Å². The van der Waals surface area contributed by atoms with Crippen molar-refractivity contribution in [2.75, 3.05) is 13.2 Å². The van der Waals surface area contributed by atoms with Crippen LogP contribution in [0.15, 0.2) is 0 Å². The summed E-state index contributed by atoms with van der Waals surface area (Å²) in [7, 11) is 0. The summed E-state index contributed by atoms with van der Waals surface area (Å²) in [6.07, 6.45) is 29.4. The van der Waals surface area contributed by atoms with Gasteiger partial charge in [-0.25, -0.2) is 0 Å². The highest BCUT2D eigenvalue weighted by Crippen LogP contribution is 2.43. The second-order valence-electron chi connectivity index (χ2n) is 22.8. The first-order valence-electron chi connectivity index (χ1n) is 31.9. The molecule has 448 valence electrons. The maximum absolute atomic E-state index is 14.7. The van der Waals surface area contributed by atoms with Gasteiger partial charge in [-0.1, -0.05) is 265 Å². The number of aliphatic hydroxyl groups excluding tert-OH is 6. The number of carbonyl (C=O) groups excluding carboxylic acids is 3. The molecule has 76 heavy (non-hydrogen) atoms. The number of ether oxygens (including phenoxy) is 5. The standard InChI is InChI=1S/C62H116O14/c1-4-7-10-13-16-19-22-25-26-29-32-35-38-41-44-47-54(67)74-60-56(69)52(49-64)75-62(60,76-61-58(71)57(70)55(68)51(48-63)72-61)59(50(65)45-42-39-36-33-30-27-23-20-17-14-11-8-5-2)73-53(66)46-43-40-37-34-31-28-24-21-18-15-12-9-6-3/h51-52,55-61,63-64,68-71H,4-49H2,1-3H3/t51-,52-,55-,56-,57+,58-,59?,60+,61-,62+/m1/s1. The van der Waals surface area contributed by atoms with Gasteiger partial charge in [-0.3, -0.25) is 14.4 Å². The van der Waals surface area contributed by atoms with Gasteiger partial charge < -0.3 is 54.3 Å². The number of aliphatic hydroxyl groups is 6. The minimum atomic E-state index is -2.69. The Labute approximate surface area is 462 Å². The molecule has 0 amide bonds. The Morgan fingerprint density at radius 1 is 0.408 bits per heavy atom. The van der Waals surface area contributed by atoms with E-state index in [1.807, 2.05) is 0 Å². The van der Waals surface area contributed by atoms with Gasteiger partial charge in [0.1, 0.15) is 36.6 Å². The van der Waals surface area contributed by atoms with Crippen LogP contribution in [0.4, 0.5) is 0 Å². The second-order valence-corrected chi connectivity index (χ2v) is 22.8. The number of carbonyl (C=O) groups is 3. The summed E-state index contributed by atoms with van der Waals surface area (Å²) in [6, 6.07) is 0. The first-order chi connectivity index (χ1) is 37.0. The number of esters is 2. The fourth-order valence-corrected chi connectivity index (χ4v) is 11.0. The van der Waals surface area contributed by atoms with Crippen molar-refractivity contribution in [2.24, 2.45) is 0 Å². The molecule has 2 aliphatic rings. The van der Waals surface area contributed by atoms with Gasteiger partial charge in [0.2, 0.25) is 6.10 Å². The molecule has 1 unspecified atom stereocenters. The van der Waals surface area contributed by atoms with Crippen LogP contribution in [0.25, 0.3) is 0 Å². The van der Waals surface area contributed by atoms with Crippen molar-refractivity contribution in [3.05, 3.63) is 0 Å². The first kappa shape index (κ1) is 70.4. The molecule has 0 aromatic heterocycles. The lowest BCUT2D eigenvalue weighted by molar-refractivity contribution is -0.392. The van der Waals surface area contributed by atoms with E-state index < -0.39 is 91.8 Å². The highest BCUT2D eigenvalue weighted by Gasteiger charge is 2.67. The quantitative estimate of drug-likeness (QED) is 0.0247. The van der Waals surface area contributed by atoms with E-state index >= 15 is 0 Å². The molecular weight excluding hydrogens is 969 g/mol. The van der Waals surface area contributed by atoms with Crippen LogP contribution in [-0.2, 0) is 38.1 Å². The molecule has 0 spiro atoms. The molecule has 0 aliphatic carbocycles. The van der Waals surface area contributed by atoms with Crippen LogP contribution in [0, 0.1) is 0 Å². The van der Waals surface area contributed by atoms with Crippen molar-refractivity contribution in [3.8, 4) is 0 Å². The van der Waals surface area contributed by atoms with E-state index in [0.717, 1.165) is 77.0 Å². The number of rotatable bonds is 52. The molecule has 6 N–H and O–H groups in total. The molecule has 2 aliphatic heterocycles. The van der Waals surface area contributed by atoms with Gasteiger partial charge in [-0.15, -0.1) is 0 Å². The van der Waals surface area contributed by atoms with Crippen LogP contribution in [0.5, 0.6) is 0 Å². The number of unbranched alkanes of at least 4 members (excludes halogenated alkanes) is 38. The predicted octanol–water partition coefficient (Wildman–Crippen LogP) is 12.9. The molecule has 0 aromatic rings. The van der Waals surface area contributed by atoms with Crippen LogP contribution in [0.1, 0.15) is 303 Å². The number of hydrogen-bond acceptors (Lipinski definition) is 14. The first-order valence-corrected chi connectivity index (χ1v) is 31.9. The smallest absolute Gasteiger partial charge is 0.306 e. The summed E-state index contributed by atoms with van der Waals surface area (Å²) in [5.74, 6) is -4.84. The Bertz CT molecular complexity index is 1400. The zero-order chi connectivity index (χ0) is 55.5. The maximum Gasteiger partial charge on any atom is 0.306 e. The lowest BCUT2D eigenvalue weighted by Gasteiger charge is -2.45. The normalized spacial score (nSPS) is 24.0. The average molecular weight is 1090 g/mol. The van der Waals surface area contributed by atoms with Crippen molar-refractivity contribution in [2.45, 2.75) is 364 Å². The van der Waals surface area contributed by atoms with Gasteiger partial charge in [0.15, 0.2) is 18.2 Å². The van der Waals surface area contributed by atoms with Gasteiger partial charge in [-0.05, 0) is 19.3 Å². The van der Waals surface area contributed by atoms with Crippen LogP contribution in [0.3, 0.4) is 0 Å². The zero-order valence-corrected chi connectivity index (χ0v) is 48.7. The molecular formula is C62H116O14. The maximum atomic E-state index is 14.7. The van der Waals surface area contributed by atoms with Crippen molar-refractivity contribution in [1.29, 1.82) is 0 Å². The average Bonchev–Trinajstić information content (AvgIpc) is 3.68. The fourth-order valence-electron chi connectivity index (χ4n) is 11.0. The van der Waals surface area contributed by atoms with Crippen LogP contribution >= 0.6 is 0 Å². The molecule has 0 saturated carbocycles. The molecule has 10 atom stereocenters. The summed E-state index contributed by atoms with van der Waals surface area (Å²) >= 11 is 0. The monoisotopic (exact) mass is 1080 g/mol. The molecule has 2 heterocycles. The van der Waals surface area contributed by atoms with Gasteiger partial charge in [0.25, 0.3) is 5.79 Å². The lowest BCUT2D eigenvalue weighted by Crippen LogP contribution is -2.66. The van der Waals surface area contributed by atoms with Gasteiger partial charge in [0.05, 0.1) is 13.2 Å². The molecule has 14 heteroatoms. The van der Waals surface area contributed by atoms with E-state index in [1.54, 1.807) is 0 Å².